The Morgan fingerprint density at radius 2 is 1.45 bits per heavy atom. The SMILES string of the molecule is CCCCCCCCS(=O)(=O)OC(CO)(C(=O)c1ccccc1)c1ccccc1. The van der Waals surface area contributed by atoms with Crippen molar-refractivity contribution >= 4 is 15.9 Å². The number of carbonyl (C=O) groups is 1. The Morgan fingerprint density at radius 3 is 2.03 bits per heavy atom. The average Bonchev–Trinajstić information content (AvgIpc) is 2.75. The molecule has 0 heterocycles. The number of hydrogen-bond acceptors (Lipinski definition) is 5. The summed E-state index contributed by atoms with van der Waals surface area (Å²) in [5, 5.41) is 10.2. The summed E-state index contributed by atoms with van der Waals surface area (Å²) in [6.45, 7) is 1.35. The van der Waals surface area contributed by atoms with Gasteiger partial charge in [0.2, 0.25) is 5.78 Å². The Kier molecular flexibility index (Phi) is 9.01. The van der Waals surface area contributed by atoms with Gasteiger partial charge in [0.1, 0.15) is 0 Å². The Morgan fingerprint density at radius 1 is 0.897 bits per heavy atom. The van der Waals surface area contributed by atoms with Gasteiger partial charge < -0.3 is 5.11 Å². The van der Waals surface area contributed by atoms with Crippen molar-refractivity contribution in [3.63, 3.8) is 0 Å². The smallest absolute Gasteiger partial charge is 0.268 e. The highest BCUT2D eigenvalue weighted by Crippen LogP contribution is 2.32. The first-order valence-electron chi connectivity index (χ1n) is 10.1. The summed E-state index contributed by atoms with van der Waals surface area (Å²) in [6.07, 6.45) is 5.55. The lowest BCUT2D eigenvalue weighted by molar-refractivity contribution is 0.0156. The highest BCUT2D eigenvalue weighted by atomic mass is 32.2. The molecule has 158 valence electrons. The molecule has 0 amide bonds. The van der Waals surface area contributed by atoms with Gasteiger partial charge in [-0.15, -0.1) is 0 Å². The normalized spacial score (nSPS) is 13.7. The molecular weight excluding hydrogens is 388 g/mol. The van der Waals surface area contributed by atoms with Crippen molar-refractivity contribution in [1.82, 2.24) is 0 Å². The number of unbranched alkanes of at least 4 members (excludes halogenated alkanes) is 5. The molecule has 6 heteroatoms. The second kappa shape index (κ2) is 11.2. The summed E-state index contributed by atoms with van der Waals surface area (Å²) in [6, 6.07) is 16.6. The van der Waals surface area contributed by atoms with Gasteiger partial charge in [-0.2, -0.15) is 8.42 Å². The van der Waals surface area contributed by atoms with Gasteiger partial charge >= 0.3 is 0 Å². The molecule has 2 aromatic carbocycles. The number of hydrogen-bond donors (Lipinski definition) is 1. The lowest BCUT2D eigenvalue weighted by Crippen LogP contribution is -2.44. The minimum Gasteiger partial charge on any atom is -0.392 e. The van der Waals surface area contributed by atoms with Crippen LogP contribution in [0.3, 0.4) is 0 Å². The third-order valence-corrected chi connectivity index (χ3v) is 6.21. The molecule has 0 aliphatic heterocycles. The highest BCUT2D eigenvalue weighted by molar-refractivity contribution is 7.86. The summed E-state index contributed by atoms with van der Waals surface area (Å²) < 4.78 is 30.9. The molecule has 29 heavy (non-hydrogen) atoms. The summed E-state index contributed by atoms with van der Waals surface area (Å²) in [5.41, 5.74) is -1.41. The van der Waals surface area contributed by atoms with Crippen molar-refractivity contribution in [2.24, 2.45) is 0 Å². The van der Waals surface area contributed by atoms with Crippen LogP contribution in [-0.2, 0) is 19.9 Å². The fraction of sp³-hybridized carbons (Fsp3) is 0.435. The maximum absolute atomic E-state index is 13.3. The molecule has 2 aromatic rings. The maximum atomic E-state index is 13.3. The molecule has 0 radical (unpaired) electrons. The summed E-state index contributed by atoms with van der Waals surface area (Å²) >= 11 is 0. The van der Waals surface area contributed by atoms with Crippen molar-refractivity contribution in [2.45, 2.75) is 51.0 Å². The first kappa shape index (κ1) is 23.3. The van der Waals surface area contributed by atoms with Crippen LogP contribution < -0.4 is 0 Å². The Hall–Kier alpha value is -2.02. The number of ketones is 1. The largest absolute Gasteiger partial charge is 0.392 e. The van der Waals surface area contributed by atoms with Gasteiger partial charge in [0.15, 0.2) is 5.60 Å². The predicted octanol–water partition coefficient (Wildman–Crippen LogP) is 4.46. The second-order valence-corrected chi connectivity index (χ2v) is 8.85. The first-order valence-corrected chi connectivity index (χ1v) is 11.7. The lowest BCUT2D eigenvalue weighted by Gasteiger charge is -2.30. The van der Waals surface area contributed by atoms with Gasteiger partial charge in [-0.25, -0.2) is 4.18 Å². The number of aliphatic hydroxyl groups is 1. The van der Waals surface area contributed by atoms with Crippen molar-refractivity contribution in [1.29, 1.82) is 0 Å². The molecule has 2 rings (SSSR count). The second-order valence-electron chi connectivity index (χ2n) is 7.16. The van der Waals surface area contributed by atoms with Crippen LogP contribution in [0.4, 0.5) is 0 Å². The van der Waals surface area contributed by atoms with E-state index >= 15 is 0 Å². The Labute approximate surface area is 173 Å². The van der Waals surface area contributed by atoms with E-state index in [9.17, 15) is 18.3 Å². The van der Waals surface area contributed by atoms with Gasteiger partial charge in [-0.3, -0.25) is 4.79 Å². The van der Waals surface area contributed by atoms with Crippen LogP contribution >= 0.6 is 0 Å². The first-order chi connectivity index (χ1) is 13.9. The fourth-order valence-electron chi connectivity index (χ4n) is 3.25. The number of aliphatic hydroxyl groups excluding tert-OH is 1. The number of carbonyl (C=O) groups excluding carboxylic acids is 1. The predicted molar refractivity (Wildman–Crippen MR) is 114 cm³/mol. The molecule has 1 unspecified atom stereocenters. The minimum atomic E-state index is -4.03. The quantitative estimate of drug-likeness (QED) is 0.295. The van der Waals surface area contributed by atoms with E-state index in [0.29, 0.717) is 12.0 Å². The molecule has 1 N–H and O–H groups in total. The van der Waals surface area contributed by atoms with Gasteiger partial charge in [-0.05, 0) is 12.0 Å². The Bertz CT molecular complexity index is 849. The molecule has 1 atom stereocenters. The zero-order valence-electron chi connectivity index (χ0n) is 16.9. The average molecular weight is 419 g/mol. The lowest BCUT2D eigenvalue weighted by atomic mass is 9.86. The third-order valence-electron chi connectivity index (χ3n) is 4.88. The van der Waals surface area contributed by atoms with Crippen molar-refractivity contribution < 1.29 is 22.5 Å². The monoisotopic (exact) mass is 418 g/mol. The summed E-state index contributed by atoms with van der Waals surface area (Å²) in [5.74, 6) is -0.770. The van der Waals surface area contributed by atoms with E-state index in [-0.39, 0.29) is 11.3 Å². The van der Waals surface area contributed by atoms with Gasteiger partial charge in [-0.1, -0.05) is 99.7 Å². The van der Waals surface area contributed by atoms with E-state index in [1.807, 2.05) is 0 Å². The highest BCUT2D eigenvalue weighted by Gasteiger charge is 2.45. The molecule has 0 aromatic heterocycles. The topological polar surface area (TPSA) is 80.7 Å². The number of Topliss-reactive ketones (excluding diaryl/α,β-unsaturated/α-hetero) is 1. The molecule has 0 saturated carbocycles. The van der Waals surface area contributed by atoms with Crippen molar-refractivity contribution in [3.05, 3.63) is 71.8 Å². The molecule has 0 aliphatic rings. The van der Waals surface area contributed by atoms with Crippen molar-refractivity contribution in [3.8, 4) is 0 Å². The van der Waals surface area contributed by atoms with E-state index in [0.717, 1.165) is 32.1 Å². The van der Waals surface area contributed by atoms with E-state index in [4.69, 9.17) is 4.18 Å². The molecule has 0 spiro atoms. The summed E-state index contributed by atoms with van der Waals surface area (Å²) in [7, 11) is -4.03. The van der Waals surface area contributed by atoms with Gasteiger partial charge in [0.25, 0.3) is 10.1 Å². The van der Waals surface area contributed by atoms with E-state index < -0.39 is 28.1 Å². The molecule has 0 aliphatic carbocycles. The third kappa shape index (κ3) is 6.49. The summed E-state index contributed by atoms with van der Waals surface area (Å²) in [4.78, 5) is 13.3. The maximum Gasteiger partial charge on any atom is 0.268 e. The van der Waals surface area contributed by atoms with Crippen LogP contribution in [0.15, 0.2) is 60.7 Å². The van der Waals surface area contributed by atoms with Crippen LogP contribution in [0.25, 0.3) is 0 Å². The van der Waals surface area contributed by atoms with Crippen molar-refractivity contribution in [2.75, 3.05) is 12.4 Å². The standard InChI is InChI=1S/C23H30O5S/c1-2-3-4-5-6-13-18-29(26,27)28-23(19-24,21-16-11-8-12-17-21)22(25)20-14-9-7-10-15-20/h7-12,14-17,24H,2-6,13,18-19H2,1H3. The van der Waals surface area contributed by atoms with Gasteiger partial charge in [0, 0.05) is 5.56 Å². The van der Waals surface area contributed by atoms with E-state index in [2.05, 4.69) is 6.92 Å². The molecule has 0 bridgehead atoms. The van der Waals surface area contributed by atoms with Crippen LogP contribution in [0.1, 0.15) is 61.4 Å². The number of benzene rings is 2. The van der Waals surface area contributed by atoms with Crippen LogP contribution in [0, 0.1) is 0 Å². The fourth-order valence-corrected chi connectivity index (χ4v) is 4.55. The van der Waals surface area contributed by atoms with E-state index in [1.54, 1.807) is 60.7 Å². The Balaban J connectivity index is 2.25. The zero-order chi connectivity index (χ0) is 21.2. The minimum absolute atomic E-state index is 0.185. The molecular formula is C23H30O5S. The molecule has 0 saturated heterocycles. The number of rotatable bonds is 13. The molecule has 0 fully saturated rings. The van der Waals surface area contributed by atoms with Crippen LogP contribution in [-0.4, -0.2) is 31.7 Å². The van der Waals surface area contributed by atoms with Crippen LogP contribution in [0.5, 0.6) is 0 Å². The molecule has 5 nitrogen and oxygen atoms in total. The zero-order valence-corrected chi connectivity index (χ0v) is 17.7. The van der Waals surface area contributed by atoms with E-state index in [1.165, 1.54) is 0 Å². The van der Waals surface area contributed by atoms with Crippen LogP contribution in [0.2, 0.25) is 0 Å². The van der Waals surface area contributed by atoms with Gasteiger partial charge in [0.05, 0.1) is 12.4 Å².